The minimum atomic E-state index is -0.397. The third kappa shape index (κ3) is 6.23. The largest absolute Gasteiger partial charge is 0.507 e. The average Bonchev–Trinajstić information content (AvgIpc) is 2.61. The van der Waals surface area contributed by atoms with Crippen molar-refractivity contribution in [2.45, 2.75) is 72.3 Å². The van der Waals surface area contributed by atoms with Crippen LogP contribution in [0.4, 0.5) is 0 Å². The summed E-state index contributed by atoms with van der Waals surface area (Å²) >= 11 is 0. The number of hydrazone groups is 1. The van der Waals surface area contributed by atoms with E-state index in [0.29, 0.717) is 28.0 Å². The van der Waals surface area contributed by atoms with Crippen molar-refractivity contribution in [3.8, 4) is 17.2 Å². The zero-order chi connectivity index (χ0) is 23.6. The van der Waals surface area contributed by atoms with Crippen LogP contribution in [0.2, 0.25) is 0 Å². The highest BCUT2D eigenvalue weighted by molar-refractivity contribution is 5.96. The molecule has 0 unspecified atom stereocenters. The van der Waals surface area contributed by atoms with Crippen molar-refractivity contribution in [3.05, 3.63) is 52.6 Å². The zero-order valence-electron chi connectivity index (χ0n) is 19.7. The van der Waals surface area contributed by atoms with Crippen LogP contribution in [-0.4, -0.2) is 28.4 Å². The monoisotopic (exact) mass is 426 g/mol. The molecular formula is C25H34N2O4. The van der Waals surface area contributed by atoms with Crippen molar-refractivity contribution >= 4 is 12.1 Å². The van der Waals surface area contributed by atoms with E-state index in [-0.39, 0.29) is 28.4 Å². The van der Waals surface area contributed by atoms with Gasteiger partial charge in [0.2, 0.25) is 0 Å². The summed E-state index contributed by atoms with van der Waals surface area (Å²) in [5.41, 5.74) is 4.09. The summed E-state index contributed by atoms with van der Waals surface area (Å²) in [5.74, 6) is 0.383. The fourth-order valence-corrected chi connectivity index (χ4v) is 3.11. The minimum absolute atomic E-state index is 0.000469. The van der Waals surface area contributed by atoms with E-state index in [9.17, 15) is 15.0 Å². The van der Waals surface area contributed by atoms with Crippen molar-refractivity contribution in [1.82, 2.24) is 5.43 Å². The number of phenolic OH excluding ortho intramolecular Hbond substituents is 2. The minimum Gasteiger partial charge on any atom is -0.507 e. The Morgan fingerprint density at radius 1 is 1.00 bits per heavy atom. The van der Waals surface area contributed by atoms with Gasteiger partial charge in [0.25, 0.3) is 5.91 Å². The number of ether oxygens (including phenoxy) is 1. The summed E-state index contributed by atoms with van der Waals surface area (Å²) < 4.78 is 5.54. The average molecular weight is 427 g/mol. The third-order valence-electron chi connectivity index (χ3n) is 4.73. The van der Waals surface area contributed by atoms with Crippen LogP contribution in [-0.2, 0) is 10.8 Å². The molecule has 0 radical (unpaired) electrons. The molecule has 168 valence electrons. The maximum Gasteiger partial charge on any atom is 0.271 e. The molecule has 0 aliphatic heterocycles. The second-order valence-electron chi connectivity index (χ2n) is 10.0. The van der Waals surface area contributed by atoms with Gasteiger partial charge in [-0.25, -0.2) is 5.43 Å². The molecule has 6 heteroatoms. The number of benzene rings is 2. The Hall–Kier alpha value is -3.02. The van der Waals surface area contributed by atoms with Crippen LogP contribution < -0.4 is 10.2 Å². The molecule has 0 aliphatic rings. The summed E-state index contributed by atoms with van der Waals surface area (Å²) in [6.45, 7) is 15.7. The van der Waals surface area contributed by atoms with Crippen LogP contribution in [0.1, 0.15) is 82.4 Å². The normalized spacial score (nSPS) is 12.4. The number of phenols is 2. The lowest BCUT2D eigenvalue weighted by Gasteiger charge is -2.28. The van der Waals surface area contributed by atoms with Crippen molar-refractivity contribution in [2.24, 2.45) is 5.10 Å². The van der Waals surface area contributed by atoms with E-state index < -0.39 is 5.91 Å². The topological polar surface area (TPSA) is 91.2 Å². The molecule has 6 nitrogen and oxygen atoms in total. The van der Waals surface area contributed by atoms with Gasteiger partial charge in [-0.2, -0.15) is 5.10 Å². The van der Waals surface area contributed by atoms with E-state index in [1.54, 1.807) is 24.3 Å². The zero-order valence-corrected chi connectivity index (χ0v) is 19.7. The maximum atomic E-state index is 12.8. The number of aromatic hydroxyl groups is 2. The van der Waals surface area contributed by atoms with Gasteiger partial charge in [-0.05, 0) is 48.9 Å². The highest BCUT2D eigenvalue weighted by atomic mass is 16.5. The number of nitrogens with one attached hydrogen (secondary N) is 1. The fourth-order valence-electron chi connectivity index (χ4n) is 3.11. The van der Waals surface area contributed by atoms with E-state index in [1.807, 2.05) is 55.4 Å². The van der Waals surface area contributed by atoms with E-state index in [2.05, 4.69) is 10.5 Å². The molecule has 0 atom stereocenters. The first-order valence-corrected chi connectivity index (χ1v) is 10.4. The lowest BCUT2D eigenvalue weighted by Crippen LogP contribution is -2.22. The highest BCUT2D eigenvalue weighted by Gasteiger charge is 2.27. The second kappa shape index (κ2) is 9.00. The lowest BCUT2D eigenvalue weighted by molar-refractivity contribution is 0.0954. The number of carbonyl (C=O) groups is 1. The summed E-state index contributed by atoms with van der Waals surface area (Å²) in [6, 6.07) is 8.30. The molecular weight excluding hydrogens is 392 g/mol. The van der Waals surface area contributed by atoms with Crippen LogP contribution >= 0.6 is 0 Å². The van der Waals surface area contributed by atoms with E-state index in [0.717, 1.165) is 0 Å². The molecule has 0 spiro atoms. The molecule has 2 aromatic carbocycles. The van der Waals surface area contributed by atoms with Crippen LogP contribution in [0.5, 0.6) is 17.2 Å². The number of carbonyl (C=O) groups excluding carboxylic acids is 1. The van der Waals surface area contributed by atoms with E-state index in [1.165, 1.54) is 12.3 Å². The summed E-state index contributed by atoms with van der Waals surface area (Å²) in [5, 5.41) is 24.9. The SMILES string of the molecule is CC(C)Oc1ccc(C=NNC(=O)c2cc(C(C)(C)C)c(O)c(C(C)(C)C)c2)c(O)c1. The quantitative estimate of drug-likeness (QED) is 0.450. The summed E-state index contributed by atoms with van der Waals surface area (Å²) in [4.78, 5) is 12.8. The Morgan fingerprint density at radius 3 is 2.00 bits per heavy atom. The molecule has 2 aromatic rings. The molecule has 0 saturated carbocycles. The molecule has 0 bridgehead atoms. The molecule has 3 N–H and O–H groups in total. The second-order valence-corrected chi connectivity index (χ2v) is 10.0. The van der Waals surface area contributed by atoms with Gasteiger partial charge in [-0.3, -0.25) is 4.79 Å². The standard InChI is InChI=1S/C25H34N2O4/c1-15(2)31-18-10-9-16(21(28)13-18)14-26-27-23(30)17-11-19(24(3,4)5)22(29)20(12-17)25(6,7)8/h9-15,28-29H,1-8H3,(H,27,30). The smallest absolute Gasteiger partial charge is 0.271 e. The van der Waals surface area contributed by atoms with Gasteiger partial charge in [0.15, 0.2) is 0 Å². The molecule has 0 heterocycles. The van der Waals surface area contributed by atoms with Crippen LogP contribution in [0.15, 0.2) is 35.4 Å². The highest BCUT2D eigenvalue weighted by Crippen LogP contribution is 2.39. The van der Waals surface area contributed by atoms with Crippen LogP contribution in [0.25, 0.3) is 0 Å². The Bertz CT molecular complexity index is 945. The van der Waals surface area contributed by atoms with Crippen molar-refractivity contribution in [2.75, 3.05) is 0 Å². The Morgan fingerprint density at radius 2 is 1.55 bits per heavy atom. The molecule has 0 aliphatic carbocycles. The van der Waals surface area contributed by atoms with Gasteiger partial charge < -0.3 is 14.9 Å². The van der Waals surface area contributed by atoms with Gasteiger partial charge in [-0.15, -0.1) is 0 Å². The Labute approximate surface area is 185 Å². The number of hydrogen-bond donors (Lipinski definition) is 3. The molecule has 0 fully saturated rings. The number of nitrogens with zero attached hydrogens (tertiary/aromatic N) is 1. The fraction of sp³-hybridized carbons (Fsp3) is 0.440. The van der Waals surface area contributed by atoms with Crippen molar-refractivity contribution < 1.29 is 19.7 Å². The molecule has 31 heavy (non-hydrogen) atoms. The van der Waals surface area contributed by atoms with Crippen LogP contribution in [0, 0.1) is 0 Å². The van der Waals surface area contributed by atoms with Gasteiger partial charge in [0.05, 0.1) is 12.3 Å². The first-order valence-electron chi connectivity index (χ1n) is 10.4. The van der Waals surface area contributed by atoms with Crippen molar-refractivity contribution in [1.29, 1.82) is 0 Å². The van der Waals surface area contributed by atoms with Gasteiger partial charge in [0, 0.05) is 28.3 Å². The summed E-state index contributed by atoms with van der Waals surface area (Å²) in [6.07, 6.45) is 1.38. The predicted octanol–water partition coefficient (Wildman–Crippen LogP) is 5.24. The number of amides is 1. The van der Waals surface area contributed by atoms with E-state index >= 15 is 0 Å². The first kappa shape index (κ1) is 24.3. The lowest BCUT2D eigenvalue weighted by atomic mass is 9.78. The predicted molar refractivity (Wildman–Crippen MR) is 124 cm³/mol. The Kier molecular flexibility index (Phi) is 7.04. The van der Waals surface area contributed by atoms with E-state index in [4.69, 9.17) is 4.74 Å². The number of hydrogen-bond acceptors (Lipinski definition) is 5. The van der Waals surface area contributed by atoms with Gasteiger partial charge >= 0.3 is 0 Å². The molecule has 1 amide bonds. The molecule has 0 aromatic heterocycles. The molecule has 0 saturated heterocycles. The van der Waals surface area contributed by atoms with Crippen LogP contribution in [0.3, 0.4) is 0 Å². The first-order chi connectivity index (χ1) is 14.2. The Balaban J connectivity index is 2.28. The van der Waals surface area contributed by atoms with Gasteiger partial charge in [0.1, 0.15) is 17.2 Å². The molecule has 2 rings (SSSR count). The maximum absolute atomic E-state index is 12.8. The third-order valence-corrected chi connectivity index (χ3v) is 4.73. The number of rotatable bonds is 5. The van der Waals surface area contributed by atoms with Crippen molar-refractivity contribution in [3.63, 3.8) is 0 Å². The van der Waals surface area contributed by atoms with Gasteiger partial charge in [-0.1, -0.05) is 41.5 Å². The summed E-state index contributed by atoms with van der Waals surface area (Å²) in [7, 11) is 0.